The molecule has 0 radical (unpaired) electrons. The van der Waals surface area contributed by atoms with Gasteiger partial charge in [0, 0.05) is 23.6 Å². The molecule has 1 aromatic heterocycles. The first-order valence-electron chi connectivity index (χ1n) is 15.3. The SMILES string of the molecule is O=C(N(CC12CCC(c3nc(C4CC4)no3)(CC1)CC2)c1cccc(-c2ccc(OC(F)(F)F)cc2)c1)C12CC(F)(C1)C2. The molecule has 4 bridgehead atoms. The van der Waals surface area contributed by atoms with Gasteiger partial charge in [-0.3, -0.25) is 4.79 Å². The van der Waals surface area contributed by atoms with Crippen molar-refractivity contribution in [3.05, 3.63) is 60.2 Å². The van der Waals surface area contributed by atoms with Crippen molar-refractivity contribution >= 4 is 11.6 Å². The van der Waals surface area contributed by atoms with Crippen LogP contribution in [0, 0.1) is 10.8 Å². The fourth-order valence-electron chi connectivity index (χ4n) is 8.27. The number of aromatic nitrogens is 2. The summed E-state index contributed by atoms with van der Waals surface area (Å²) in [6.07, 6.45) is 3.99. The van der Waals surface area contributed by atoms with E-state index in [1.54, 1.807) is 12.1 Å². The van der Waals surface area contributed by atoms with E-state index in [-0.39, 0.29) is 41.7 Å². The monoisotopic (exact) mass is 595 g/mol. The molecule has 7 saturated carbocycles. The number of ether oxygens (including phenoxy) is 1. The normalized spacial score (nSPS) is 32.6. The standard InChI is InChI=1S/C33H33F4N3O3/c34-32-17-31(18-32,19-32)28(41)40(24-3-1-2-23(16-24)21-6-8-25(9-7-21)42-33(35,36)37)20-29-10-13-30(14-11-29,15-12-29)27-38-26(39-43-27)22-4-5-22/h1-3,6-9,16,22H,4-5,10-15,17-20H2. The van der Waals surface area contributed by atoms with Gasteiger partial charge in [0.25, 0.3) is 0 Å². The predicted molar refractivity (Wildman–Crippen MR) is 149 cm³/mol. The lowest BCUT2D eigenvalue weighted by Crippen LogP contribution is -2.71. The van der Waals surface area contributed by atoms with Crippen molar-refractivity contribution in [3.63, 3.8) is 0 Å². The van der Waals surface area contributed by atoms with Crippen LogP contribution in [0.25, 0.3) is 11.1 Å². The van der Waals surface area contributed by atoms with Gasteiger partial charge >= 0.3 is 6.36 Å². The zero-order chi connectivity index (χ0) is 29.7. The molecule has 0 saturated heterocycles. The minimum Gasteiger partial charge on any atom is -0.406 e. The summed E-state index contributed by atoms with van der Waals surface area (Å²) in [4.78, 5) is 20.9. The van der Waals surface area contributed by atoms with Crippen LogP contribution < -0.4 is 9.64 Å². The maximum atomic E-state index is 14.6. The highest BCUT2D eigenvalue weighted by Gasteiger charge is 2.73. The van der Waals surface area contributed by atoms with Crippen LogP contribution in [-0.2, 0) is 10.2 Å². The quantitative estimate of drug-likeness (QED) is 0.247. The number of hydrogen-bond donors (Lipinski definition) is 0. The highest BCUT2D eigenvalue weighted by Crippen LogP contribution is 2.70. The molecule has 3 aromatic rings. The lowest BCUT2D eigenvalue weighted by atomic mass is 9.41. The number of hydrogen-bond acceptors (Lipinski definition) is 5. The van der Waals surface area contributed by atoms with Gasteiger partial charge in [0.05, 0.1) is 5.41 Å². The third kappa shape index (κ3) is 4.63. The van der Waals surface area contributed by atoms with Crippen LogP contribution in [0.3, 0.4) is 0 Å². The average Bonchev–Trinajstić information content (AvgIpc) is 3.69. The van der Waals surface area contributed by atoms with Gasteiger partial charge < -0.3 is 14.2 Å². The lowest BCUT2D eigenvalue weighted by Gasteiger charge is -2.65. The van der Waals surface area contributed by atoms with Gasteiger partial charge in [-0.15, -0.1) is 13.2 Å². The van der Waals surface area contributed by atoms with Crippen molar-refractivity contribution in [3.8, 4) is 16.9 Å². The van der Waals surface area contributed by atoms with Crippen LogP contribution in [0.2, 0.25) is 0 Å². The molecule has 0 atom stereocenters. The fraction of sp³-hybridized carbons (Fsp3) is 0.545. The summed E-state index contributed by atoms with van der Waals surface area (Å²) in [6.45, 7) is 0.557. The van der Waals surface area contributed by atoms with Gasteiger partial charge in [-0.25, -0.2) is 4.39 Å². The molecule has 1 heterocycles. The van der Waals surface area contributed by atoms with Crippen LogP contribution in [0.4, 0.5) is 23.2 Å². The topological polar surface area (TPSA) is 68.5 Å². The number of carbonyl (C=O) groups excluding carboxylic acids is 1. The summed E-state index contributed by atoms with van der Waals surface area (Å²) in [5.74, 6) is 1.76. The van der Waals surface area contributed by atoms with E-state index in [9.17, 15) is 22.4 Å². The third-order valence-electron chi connectivity index (χ3n) is 11.0. The number of nitrogens with zero attached hydrogens (tertiary/aromatic N) is 3. The number of halogens is 4. The molecule has 0 N–H and O–H groups in total. The van der Waals surface area contributed by atoms with E-state index in [4.69, 9.17) is 9.51 Å². The largest absolute Gasteiger partial charge is 0.573 e. The Morgan fingerprint density at radius 1 is 0.953 bits per heavy atom. The van der Waals surface area contributed by atoms with Gasteiger partial charge in [-0.2, -0.15) is 4.98 Å². The Kier molecular flexibility index (Phi) is 5.71. The van der Waals surface area contributed by atoms with E-state index in [0.29, 0.717) is 18.0 Å². The number of benzene rings is 2. The first-order chi connectivity index (χ1) is 20.5. The predicted octanol–water partition coefficient (Wildman–Crippen LogP) is 8.03. The highest BCUT2D eigenvalue weighted by atomic mass is 19.4. The molecule has 0 spiro atoms. The molecule has 1 amide bonds. The summed E-state index contributed by atoms with van der Waals surface area (Å²) in [6, 6.07) is 13.3. The van der Waals surface area contributed by atoms with Gasteiger partial charge in [0.15, 0.2) is 5.82 Å². The minimum absolute atomic E-state index is 0.0131. The summed E-state index contributed by atoms with van der Waals surface area (Å²) in [5, 5.41) is 4.27. The molecule has 43 heavy (non-hydrogen) atoms. The Balaban J connectivity index is 1.05. The average molecular weight is 596 g/mol. The van der Waals surface area contributed by atoms with Crippen LogP contribution in [-0.4, -0.2) is 34.6 Å². The molecule has 0 aliphatic heterocycles. The highest BCUT2D eigenvalue weighted by molar-refractivity contribution is 6.00. The first-order valence-corrected chi connectivity index (χ1v) is 15.3. The summed E-state index contributed by atoms with van der Waals surface area (Å²) >= 11 is 0. The van der Waals surface area contributed by atoms with Crippen molar-refractivity contribution in [2.75, 3.05) is 11.4 Å². The van der Waals surface area contributed by atoms with E-state index >= 15 is 0 Å². The van der Waals surface area contributed by atoms with Crippen LogP contribution in [0.15, 0.2) is 53.1 Å². The Labute approximate surface area is 246 Å². The van der Waals surface area contributed by atoms with Crippen LogP contribution >= 0.6 is 0 Å². The second-order valence-corrected chi connectivity index (χ2v) is 14.0. The van der Waals surface area contributed by atoms with Crippen molar-refractivity contribution in [1.29, 1.82) is 0 Å². The van der Waals surface area contributed by atoms with E-state index in [2.05, 4.69) is 9.89 Å². The van der Waals surface area contributed by atoms with Crippen molar-refractivity contribution < 1.29 is 31.6 Å². The van der Waals surface area contributed by atoms with E-state index < -0.39 is 17.4 Å². The Bertz CT molecular complexity index is 1530. The van der Waals surface area contributed by atoms with Crippen LogP contribution in [0.1, 0.15) is 88.3 Å². The molecule has 10 rings (SSSR count). The maximum Gasteiger partial charge on any atom is 0.573 e. The smallest absolute Gasteiger partial charge is 0.406 e. The molecular formula is C33H33F4N3O3. The first kappa shape index (κ1) is 27.1. The summed E-state index contributed by atoms with van der Waals surface area (Å²) in [5.41, 5.74) is 0.251. The second kappa shape index (κ2) is 9.05. The molecule has 7 fully saturated rings. The molecule has 7 aliphatic carbocycles. The van der Waals surface area contributed by atoms with Crippen LogP contribution in [0.5, 0.6) is 5.75 Å². The van der Waals surface area contributed by atoms with Gasteiger partial charge in [0.2, 0.25) is 11.8 Å². The number of fused-ring (bicyclic) bond motifs is 3. The molecular weight excluding hydrogens is 562 g/mol. The Hall–Kier alpha value is -3.43. The molecule has 6 nitrogen and oxygen atoms in total. The number of anilines is 1. The summed E-state index contributed by atoms with van der Waals surface area (Å²) < 4.78 is 62.3. The lowest BCUT2D eigenvalue weighted by molar-refractivity contribution is -0.274. The van der Waals surface area contributed by atoms with Crippen molar-refractivity contribution in [2.24, 2.45) is 10.8 Å². The van der Waals surface area contributed by atoms with E-state index in [1.165, 1.54) is 12.1 Å². The minimum atomic E-state index is -4.76. The fourth-order valence-corrected chi connectivity index (χ4v) is 8.27. The molecule has 7 aliphatic rings. The number of carbonyl (C=O) groups is 1. The van der Waals surface area contributed by atoms with E-state index in [1.807, 2.05) is 29.2 Å². The Morgan fingerprint density at radius 2 is 1.63 bits per heavy atom. The van der Waals surface area contributed by atoms with Gasteiger partial charge in [0.1, 0.15) is 11.4 Å². The van der Waals surface area contributed by atoms with E-state index in [0.717, 1.165) is 74.3 Å². The van der Waals surface area contributed by atoms with Crippen molar-refractivity contribution in [2.45, 2.75) is 94.0 Å². The zero-order valence-electron chi connectivity index (χ0n) is 23.8. The maximum absolute atomic E-state index is 14.6. The number of amides is 1. The zero-order valence-corrected chi connectivity index (χ0v) is 23.8. The molecule has 0 unspecified atom stereocenters. The number of alkyl halides is 4. The summed E-state index contributed by atoms with van der Waals surface area (Å²) in [7, 11) is 0. The number of rotatable bonds is 8. The van der Waals surface area contributed by atoms with Crippen molar-refractivity contribution in [1.82, 2.24) is 10.1 Å². The molecule has 2 aromatic carbocycles. The molecule has 226 valence electrons. The third-order valence-corrected chi connectivity index (χ3v) is 11.0. The second-order valence-electron chi connectivity index (χ2n) is 14.0. The Morgan fingerprint density at radius 3 is 2.23 bits per heavy atom. The molecule has 10 heteroatoms. The van der Waals surface area contributed by atoms with Gasteiger partial charge in [-0.05, 0) is 111 Å². The van der Waals surface area contributed by atoms with Gasteiger partial charge in [-0.1, -0.05) is 29.4 Å².